The number of benzene rings is 3. The molecular weight excluding hydrogens is 764 g/mol. The minimum absolute atomic E-state index is 0.0262. The molecule has 0 aromatic heterocycles. The van der Waals surface area contributed by atoms with E-state index in [4.69, 9.17) is 33.2 Å². The zero-order chi connectivity index (χ0) is 42.1. The Labute approximate surface area is 343 Å². The van der Waals surface area contributed by atoms with Gasteiger partial charge < -0.3 is 43.8 Å². The van der Waals surface area contributed by atoms with Crippen molar-refractivity contribution in [3.8, 4) is 11.1 Å². The van der Waals surface area contributed by atoms with Crippen molar-refractivity contribution in [2.75, 3.05) is 26.4 Å². The van der Waals surface area contributed by atoms with Crippen LogP contribution in [0.1, 0.15) is 81.9 Å². The molecule has 316 valence electrons. The first-order valence-electron chi connectivity index (χ1n) is 19.8. The lowest BCUT2D eigenvalue weighted by Crippen LogP contribution is -2.66. The van der Waals surface area contributed by atoms with Crippen LogP contribution in [0.4, 0.5) is 4.79 Å². The average molecular weight is 817 g/mol. The number of alkyl carbamates (subject to hydrolysis) is 1. The molecule has 1 saturated heterocycles. The van der Waals surface area contributed by atoms with Gasteiger partial charge in [-0.3, -0.25) is 24.0 Å². The molecule has 3 aromatic rings. The number of fused-ring (bicyclic) bond motifs is 3. The van der Waals surface area contributed by atoms with Crippen LogP contribution < -0.4 is 10.6 Å². The second-order valence-corrected chi connectivity index (χ2v) is 14.3. The van der Waals surface area contributed by atoms with E-state index >= 15 is 0 Å². The van der Waals surface area contributed by atoms with E-state index < -0.39 is 73.1 Å². The second kappa shape index (κ2) is 22.4. The lowest BCUT2D eigenvalue weighted by Gasteiger charge is -2.45. The predicted octanol–water partition coefficient (Wildman–Crippen LogP) is 5.26. The van der Waals surface area contributed by atoms with Crippen molar-refractivity contribution in [3.63, 3.8) is 0 Å². The highest BCUT2D eigenvalue weighted by Crippen LogP contribution is 2.44. The van der Waals surface area contributed by atoms with E-state index in [-0.39, 0.29) is 38.6 Å². The van der Waals surface area contributed by atoms with Gasteiger partial charge in [-0.2, -0.15) is 0 Å². The van der Waals surface area contributed by atoms with E-state index in [0.29, 0.717) is 19.4 Å². The summed E-state index contributed by atoms with van der Waals surface area (Å²) in [5.74, 6) is -3.31. The number of hydrogen-bond donors (Lipinski definition) is 2. The van der Waals surface area contributed by atoms with Gasteiger partial charge in [0, 0.05) is 39.8 Å². The Balaban J connectivity index is 1.07. The van der Waals surface area contributed by atoms with Crippen molar-refractivity contribution < 1.29 is 61.9 Å². The molecule has 0 spiro atoms. The van der Waals surface area contributed by atoms with Gasteiger partial charge in [-0.05, 0) is 40.7 Å². The number of hydrogen-bond acceptors (Lipinski definition) is 13. The van der Waals surface area contributed by atoms with Crippen LogP contribution in [-0.4, -0.2) is 92.9 Å². The average Bonchev–Trinajstić information content (AvgIpc) is 3.54. The van der Waals surface area contributed by atoms with Crippen LogP contribution in [-0.2, 0) is 63.7 Å². The fraction of sp³-hybridized carbons (Fsp3) is 0.455. The Hall–Kier alpha value is -5.80. The van der Waals surface area contributed by atoms with E-state index in [2.05, 4.69) is 34.9 Å². The highest BCUT2D eigenvalue weighted by molar-refractivity contribution is 5.79. The Morgan fingerprint density at radius 1 is 0.644 bits per heavy atom. The summed E-state index contributed by atoms with van der Waals surface area (Å²) < 4.78 is 39.5. The molecule has 59 heavy (non-hydrogen) atoms. The number of ether oxygens (including phenoxy) is 7. The quantitative estimate of drug-likeness (QED) is 0.0854. The van der Waals surface area contributed by atoms with Crippen LogP contribution in [0.5, 0.6) is 0 Å². The van der Waals surface area contributed by atoms with Crippen LogP contribution in [0.3, 0.4) is 0 Å². The fourth-order valence-corrected chi connectivity index (χ4v) is 7.12. The van der Waals surface area contributed by atoms with Crippen molar-refractivity contribution in [1.82, 2.24) is 10.6 Å². The van der Waals surface area contributed by atoms with Gasteiger partial charge in [0.05, 0.1) is 12.8 Å². The molecule has 1 fully saturated rings. The van der Waals surface area contributed by atoms with E-state index in [0.717, 1.165) is 54.5 Å². The molecule has 0 unspecified atom stereocenters. The first kappa shape index (κ1) is 44.3. The molecule has 5 atom stereocenters. The van der Waals surface area contributed by atoms with E-state index in [9.17, 15) is 28.8 Å². The smallest absolute Gasteiger partial charge is 0.407 e. The number of esters is 4. The third-order valence-electron chi connectivity index (χ3n) is 9.77. The van der Waals surface area contributed by atoms with Crippen LogP contribution in [0.25, 0.3) is 11.1 Å². The van der Waals surface area contributed by atoms with Crippen LogP contribution in [0.2, 0.25) is 0 Å². The summed E-state index contributed by atoms with van der Waals surface area (Å²) in [4.78, 5) is 74.2. The summed E-state index contributed by atoms with van der Waals surface area (Å²) in [5.41, 5.74) is 5.39. The lowest BCUT2D eigenvalue weighted by molar-refractivity contribution is -0.278. The minimum Gasteiger partial charge on any atom is -0.463 e. The van der Waals surface area contributed by atoms with Gasteiger partial charge in [0.2, 0.25) is 5.91 Å². The summed E-state index contributed by atoms with van der Waals surface area (Å²) in [7, 11) is 0. The molecule has 0 radical (unpaired) electrons. The number of nitrogens with one attached hydrogen (secondary N) is 2. The van der Waals surface area contributed by atoms with Gasteiger partial charge in [0.15, 0.2) is 18.5 Å². The van der Waals surface area contributed by atoms with Gasteiger partial charge >= 0.3 is 30.0 Å². The molecule has 1 aliphatic heterocycles. The molecule has 2 aliphatic rings. The lowest BCUT2D eigenvalue weighted by atomic mass is 9.96. The number of unbranched alkanes of at least 4 members (excludes halogenated alkanes) is 3. The Kier molecular flexibility index (Phi) is 16.8. The largest absolute Gasteiger partial charge is 0.463 e. The number of amides is 2. The maximum atomic E-state index is 12.7. The van der Waals surface area contributed by atoms with E-state index in [1.54, 1.807) is 12.1 Å². The van der Waals surface area contributed by atoms with Gasteiger partial charge in [-0.15, -0.1) is 0 Å². The molecular formula is C44H52N2O13. The van der Waals surface area contributed by atoms with Crippen molar-refractivity contribution in [2.24, 2.45) is 0 Å². The molecule has 2 N–H and O–H groups in total. The summed E-state index contributed by atoms with van der Waals surface area (Å²) in [6, 6.07) is 24.3. The number of carbonyl (C=O) groups excluding carboxylic acids is 6. The minimum atomic E-state index is -1.29. The number of carbonyl (C=O) groups is 6. The second-order valence-electron chi connectivity index (χ2n) is 14.3. The predicted molar refractivity (Wildman–Crippen MR) is 211 cm³/mol. The van der Waals surface area contributed by atoms with Crippen molar-refractivity contribution in [2.45, 2.75) is 102 Å². The van der Waals surface area contributed by atoms with Crippen molar-refractivity contribution in [3.05, 3.63) is 95.6 Å². The standard InChI is InChI=1S/C44H52N2O13/c1-28(47)46-40-42(58-30(3)49)41(57-29(2)48)37(27-55-39(51)22-21-38(50)54-25-31-15-7-6-8-16-31)59-43(40)53-24-14-5-4-13-23-45-44(52)56-26-36-34-19-11-9-17-32(34)33-18-10-12-20-35(33)36/h6-12,15-20,36-37,40-43H,4-5,13-14,21-27H2,1-3H3,(H,45,52)(H,46,47)/t37-,40-,41+,42-,43-/m1/s1. The zero-order valence-corrected chi connectivity index (χ0v) is 33.6. The molecule has 3 aromatic carbocycles. The van der Waals surface area contributed by atoms with Crippen LogP contribution in [0, 0.1) is 0 Å². The highest BCUT2D eigenvalue weighted by Gasteiger charge is 2.51. The molecule has 0 bridgehead atoms. The third kappa shape index (κ3) is 13.4. The normalized spacial score (nSPS) is 19.3. The maximum Gasteiger partial charge on any atom is 0.407 e. The van der Waals surface area contributed by atoms with Crippen molar-refractivity contribution in [1.29, 1.82) is 0 Å². The maximum absolute atomic E-state index is 12.7. The summed E-state index contributed by atoms with van der Waals surface area (Å²) in [6.07, 6.45) is -3.18. The topological polar surface area (TPSA) is 191 Å². The summed E-state index contributed by atoms with van der Waals surface area (Å²) in [6.45, 7) is 4.01. The first-order valence-corrected chi connectivity index (χ1v) is 19.8. The monoisotopic (exact) mass is 816 g/mol. The van der Waals surface area contributed by atoms with Crippen molar-refractivity contribution >= 4 is 35.9 Å². The van der Waals surface area contributed by atoms with E-state index in [1.807, 2.05) is 42.5 Å². The highest BCUT2D eigenvalue weighted by atomic mass is 16.7. The van der Waals surface area contributed by atoms with Crippen LogP contribution in [0.15, 0.2) is 78.9 Å². The summed E-state index contributed by atoms with van der Waals surface area (Å²) >= 11 is 0. The van der Waals surface area contributed by atoms with Crippen LogP contribution >= 0.6 is 0 Å². The summed E-state index contributed by atoms with van der Waals surface area (Å²) in [5, 5.41) is 5.50. The Morgan fingerprint density at radius 3 is 1.88 bits per heavy atom. The molecule has 1 aliphatic carbocycles. The Morgan fingerprint density at radius 2 is 1.24 bits per heavy atom. The Bertz CT molecular complexity index is 1860. The van der Waals surface area contributed by atoms with Gasteiger partial charge in [-0.25, -0.2) is 4.79 Å². The SMILES string of the molecule is CC(=O)N[C@H]1[C@H](OCCCCCCNC(=O)OCC2c3ccccc3-c3ccccc32)O[C@H](COC(=O)CCC(=O)OCc2ccccc2)[C@H](OC(C)=O)[C@@H]1OC(C)=O. The molecule has 5 rings (SSSR count). The van der Waals surface area contributed by atoms with E-state index in [1.165, 1.54) is 6.92 Å². The third-order valence-corrected chi connectivity index (χ3v) is 9.77. The fourth-order valence-electron chi connectivity index (χ4n) is 7.12. The molecule has 0 saturated carbocycles. The zero-order valence-electron chi connectivity index (χ0n) is 33.6. The molecule has 1 heterocycles. The van der Waals surface area contributed by atoms with Gasteiger partial charge in [0.1, 0.15) is 32.0 Å². The number of rotatable bonds is 20. The molecule has 2 amide bonds. The molecule has 15 heteroatoms. The first-order chi connectivity index (χ1) is 28.5. The van der Waals surface area contributed by atoms with Gasteiger partial charge in [0.25, 0.3) is 0 Å². The molecule has 15 nitrogen and oxygen atoms in total. The van der Waals surface area contributed by atoms with Gasteiger partial charge in [-0.1, -0.05) is 91.7 Å².